The van der Waals surface area contributed by atoms with Crippen molar-refractivity contribution in [1.29, 1.82) is 5.26 Å². The van der Waals surface area contributed by atoms with Gasteiger partial charge < -0.3 is 10.4 Å². The van der Waals surface area contributed by atoms with Gasteiger partial charge >= 0.3 is 0 Å². The lowest BCUT2D eigenvalue weighted by atomic mass is 10.1. The number of phenolic OH excluding ortho intramolecular Hbond substituents is 1. The Kier molecular flexibility index (Phi) is 4.48. The number of nitrogens with zero attached hydrogens (tertiary/aromatic N) is 4. The molecule has 0 fully saturated rings. The number of rotatable bonds is 3. The van der Waals surface area contributed by atoms with Crippen LogP contribution in [0, 0.1) is 25.2 Å². The molecule has 1 aromatic heterocycles. The van der Waals surface area contributed by atoms with Crippen LogP contribution in [-0.4, -0.2) is 15.4 Å². The van der Waals surface area contributed by atoms with Crippen LogP contribution in [-0.2, 0) is 4.79 Å². The van der Waals surface area contributed by atoms with Gasteiger partial charge in [0.15, 0.2) is 5.00 Å². The maximum atomic E-state index is 11.2. The smallest absolute Gasteiger partial charge is 0.221 e. The SMILES string of the molecule is CC(=O)Nc1cc(O)c(C)cc1/N=N/c1snc(C)c1C#N. The van der Waals surface area contributed by atoms with E-state index in [1.807, 2.05) is 6.07 Å². The van der Waals surface area contributed by atoms with Crippen LogP contribution >= 0.6 is 11.5 Å². The van der Waals surface area contributed by atoms with Gasteiger partial charge in [-0.3, -0.25) is 4.79 Å². The van der Waals surface area contributed by atoms with Crippen molar-refractivity contribution >= 4 is 33.8 Å². The molecule has 1 heterocycles. The number of aryl methyl sites for hydroxylation is 2. The van der Waals surface area contributed by atoms with E-state index in [2.05, 4.69) is 19.9 Å². The molecule has 8 heteroatoms. The molecule has 0 aliphatic carbocycles. The standard InChI is InChI=1S/C14H13N5O2S/c1-7-4-12(11(5-13(7)21)16-9(3)20)17-18-14-10(6-15)8(2)19-22-14/h4-5,21H,1-3H3,(H,16,20)/b18-17+. The molecule has 0 spiro atoms. The van der Waals surface area contributed by atoms with Crippen LogP contribution in [0.15, 0.2) is 22.4 Å². The zero-order chi connectivity index (χ0) is 16.3. The van der Waals surface area contributed by atoms with Gasteiger partial charge in [0.05, 0.1) is 11.4 Å². The van der Waals surface area contributed by atoms with Gasteiger partial charge in [-0.05, 0) is 37.0 Å². The third-order valence-corrected chi connectivity index (χ3v) is 3.65. The summed E-state index contributed by atoms with van der Waals surface area (Å²) in [6.07, 6.45) is 0. The minimum atomic E-state index is -0.286. The number of aromatic nitrogens is 1. The van der Waals surface area contributed by atoms with Crippen molar-refractivity contribution in [3.05, 3.63) is 29.0 Å². The molecule has 0 aliphatic rings. The molecule has 2 rings (SSSR count). The molecule has 0 radical (unpaired) electrons. The average Bonchev–Trinajstić information content (AvgIpc) is 2.80. The molecule has 1 aromatic carbocycles. The number of anilines is 1. The zero-order valence-electron chi connectivity index (χ0n) is 12.2. The number of carbonyl (C=O) groups excluding carboxylic acids is 1. The second kappa shape index (κ2) is 6.32. The number of azo groups is 1. The van der Waals surface area contributed by atoms with E-state index < -0.39 is 0 Å². The molecule has 2 aromatic rings. The second-order valence-electron chi connectivity index (χ2n) is 4.60. The van der Waals surface area contributed by atoms with Crippen molar-refractivity contribution < 1.29 is 9.90 Å². The third kappa shape index (κ3) is 3.27. The van der Waals surface area contributed by atoms with E-state index >= 15 is 0 Å². The Morgan fingerprint density at radius 3 is 2.77 bits per heavy atom. The predicted molar refractivity (Wildman–Crippen MR) is 82.9 cm³/mol. The third-order valence-electron chi connectivity index (χ3n) is 2.83. The van der Waals surface area contributed by atoms with Crippen LogP contribution in [0.25, 0.3) is 0 Å². The first kappa shape index (κ1) is 15.6. The summed E-state index contributed by atoms with van der Waals surface area (Å²) in [5, 5.41) is 29.9. The zero-order valence-corrected chi connectivity index (χ0v) is 13.0. The molecule has 0 atom stereocenters. The summed E-state index contributed by atoms with van der Waals surface area (Å²) in [6, 6.07) is 5.04. The van der Waals surface area contributed by atoms with Gasteiger partial charge in [-0.25, -0.2) is 0 Å². The molecule has 0 aliphatic heterocycles. The lowest BCUT2D eigenvalue weighted by molar-refractivity contribution is -0.114. The van der Waals surface area contributed by atoms with Crippen LogP contribution in [0.5, 0.6) is 5.75 Å². The van der Waals surface area contributed by atoms with E-state index in [9.17, 15) is 9.90 Å². The normalized spacial score (nSPS) is 10.6. The average molecular weight is 315 g/mol. The Labute approximate surface area is 131 Å². The Morgan fingerprint density at radius 2 is 2.14 bits per heavy atom. The molecule has 0 saturated heterocycles. The van der Waals surface area contributed by atoms with Crippen molar-refractivity contribution in [2.24, 2.45) is 10.2 Å². The second-order valence-corrected chi connectivity index (χ2v) is 5.35. The van der Waals surface area contributed by atoms with Gasteiger partial charge in [0.25, 0.3) is 0 Å². The number of phenols is 1. The monoisotopic (exact) mass is 315 g/mol. The van der Waals surface area contributed by atoms with Crippen LogP contribution in [0.3, 0.4) is 0 Å². The predicted octanol–water partition coefficient (Wildman–Crippen LogP) is 3.71. The summed E-state index contributed by atoms with van der Waals surface area (Å²) in [6.45, 7) is 4.79. The van der Waals surface area contributed by atoms with Crippen molar-refractivity contribution in [2.75, 3.05) is 5.32 Å². The van der Waals surface area contributed by atoms with Crippen molar-refractivity contribution in [2.45, 2.75) is 20.8 Å². The van der Waals surface area contributed by atoms with Crippen molar-refractivity contribution in [3.8, 4) is 11.8 Å². The fraction of sp³-hybridized carbons (Fsp3) is 0.214. The lowest BCUT2D eigenvalue weighted by Gasteiger charge is -2.08. The minimum absolute atomic E-state index is 0.0500. The highest BCUT2D eigenvalue weighted by atomic mass is 32.1. The van der Waals surface area contributed by atoms with E-state index in [1.54, 1.807) is 19.9 Å². The van der Waals surface area contributed by atoms with E-state index in [-0.39, 0.29) is 11.7 Å². The quantitative estimate of drug-likeness (QED) is 0.841. The molecule has 0 saturated carbocycles. The molecule has 0 unspecified atom stereocenters. The van der Waals surface area contributed by atoms with E-state index in [0.29, 0.717) is 33.2 Å². The fourth-order valence-corrected chi connectivity index (χ4v) is 2.38. The minimum Gasteiger partial charge on any atom is -0.508 e. The Bertz CT molecular complexity index is 804. The molecule has 7 nitrogen and oxygen atoms in total. The first-order chi connectivity index (χ1) is 10.4. The summed E-state index contributed by atoms with van der Waals surface area (Å²) in [4.78, 5) is 11.2. The number of carbonyl (C=O) groups is 1. The summed E-state index contributed by atoms with van der Waals surface area (Å²) in [5.41, 5.74) is 2.32. The number of benzene rings is 1. The van der Waals surface area contributed by atoms with Gasteiger partial charge in [-0.2, -0.15) is 9.64 Å². The highest BCUT2D eigenvalue weighted by molar-refractivity contribution is 7.10. The van der Waals surface area contributed by atoms with Gasteiger partial charge in [0, 0.05) is 13.0 Å². The lowest BCUT2D eigenvalue weighted by Crippen LogP contribution is -2.05. The molecule has 112 valence electrons. The summed E-state index contributed by atoms with van der Waals surface area (Å²) < 4.78 is 4.06. The molecule has 2 N–H and O–H groups in total. The Balaban J connectivity index is 2.43. The topological polar surface area (TPSA) is 111 Å². The first-order valence-electron chi connectivity index (χ1n) is 6.31. The highest BCUT2D eigenvalue weighted by Crippen LogP contribution is 2.35. The van der Waals surface area contributed by atoms with Gasteiger partial charge in [-0.1, -0.05) is 0 Å². The van der Waals surface area contributed by atoms with E-state index in [4.69, 9.17) is 5.26 Å². The number of aromatic hydroxyl groups is 1. The molecule has 0 bridgehead atoms. The van der Waals surface area contributed by atoms with Crippen LogP contribution in [0.4, 0.5) is 16.4 Å². The number of hydrogen-bond donors (Lipinski definition) is 2. The van der Waals surface area contributed by atoms with Crippen LogP contribution in [0.2, 0.25) is 0 Å². The summed E-state index contributed by atoms with van der Waals surface area (Å²) in [7, 11) is 0. The van der Waals surface area contributed by atoms with Gasteiger partial charge in [0.2, 0.25) is 5.91 Å². The number of amides is 1. The molecular formula is C14H13N5O2S. The Hall–Kier alpha value is -2.79. The van der Waals surface area contributed by atoms with Gasteiger partial charge in [0.1, 0.15) is 23.1 Å². The maximum absolute atomic E-state index is 11.2. The highest BCUT2D eigenvalue weighted by Gasteiger charge is 2.11. The van der Waals surface area contributed by atoms with E-state index in [1.165, 1.54) is 13.0 Å². The maximum Gasteiger partial charge on any atom is 0.221 e. The Morgan fingerprint density at radius 1 is 1.41 bits per heavy atom. The van der Waals surface area contributed by atoms with Crippen LogP contribution < -0.4 is 5.32 Å². The molecule has 1 amide bonds. The molecule has 22 heavy (non-hydrogen) atoms. The summed E-state index contributed by atoms with van der Waals surface area (Å²) in [5.74, 6) is -0.236. The number of nitriles is 1. The van der Waals surface area contributed by atoms with Crippen molar-refractivity contribution in [3.63, 3.8) is 0 Å². The summed E-state index contributed by atoms with van der Waals surface area (Å²) >= 11 is 1.08. The van der Waals surface area contributed by atoms with Crippen molar-refractivity contribution in [1.82, 2.24) is 4.37 Å². The largest absolute Gasteiger partial charge is 0.508 e. The van der Waals surface area contributed by atoms with E-state index in [0.717, 1.165) is 11.5 Å². The number of hydrogen-bond acceptors (Lipinski definition) is 7. The fourth-order valence-electron chi connectivity index (χ4n) is 1.71. The molecular weight excluding hydrogens is 302 g/mol. The van der Waals surface area contributed by atoms with Crippen LogP contribution in [0.1, 0.15) is 23.7 Å². The first-order valence-corrected chi connectivity index (χ1v) is 7.09. The number of nitrogens with one attached hydrogen (secondary N) is 1. The van der Waals surface area contributed by atoms with Gasteiger partial charge in [-0.15, -0.1) is 10.2 Å².